The second-order valence-corrected chi connectivity index (χ2v) is 8.12. The van der Waals surface area contributed by atoms with Gasteiger partial charge in [0.2, 0.25) is 0 Å². The molecule has 1 aliphatic rings. The first-order chi connectivity index (χ1) is 15.5. The van der Waals surface area contributed by atoms with Crippen molar-refractivity contribution < 1.29 is 9.13 Å². The summed E-state index contributed by atoms with van der Waals surface area (Å²) in [5, 5.41) is 0. The molecular weight excluding hydrogens is 411 g/mol. The molecule has 0 radical (unpaired) electrons. The number of benzene rings is 2. The fourth-order valence-corrected chi connectivity index (χ4v) is 4.25. The van der Waals surface area contributed by atoms with Crippen LogP contribution in [0.5, 0.6) is 0 Å². The van der Waals surface area contributed by atoms with Crippen LogP contribution in [0, 0.1) is 12.7 Å². The van der Waals surface area contributed by atoms with Crippen molar-refractivity contribution in [3.05, 3.63) is 92.6 Å². The van der Waals surface area contributed by atoms with E-state index in [2.05, 4.69) is 4.98 Å². The van der Waals surface area contributed by atoms with Crippen molar-refractivity contribution in [2.24, 2.45) is 0 Å². The molecule has 0 aliphatic carbocycles. The van der Waals surface area contributed by atoms with E-state index in [0.29, 0.717) is 24.4 Å². The fraction of sp³-hybridized carbons (Fsp3) is 0.292. The van der Waals surface area contributed by atoms with Crippen LogP contribution in [0.15, 0.2) is 64.4 Å². The van der Waals surface area contributed by atoms with Crippen LogP contribution in [0.2, 0.25) is 0 Å². The quantitative estimate of drug-likeness (QED) is 0.484. The van der Waals surface area contributed by atoms with Crippen LogP contribution in [0.25, 0.3) is 16.9 Å². The lowest BCUT2D eigenvalue weighted by Crippen LogP contribution is -2.42. The number of ether oxygens (including phenoxy) is 1. The molecule has 0 spiro atoms. The smallest absolute Gasteiger partial charge is 0.337 e. The number of rotatable bonds is 5. The lowest BCUT2D eigenvalue weighted by molar-refractivity contribution is 0.0950. The molecule has 0 saturated carbocycles. The van der Waals surface area contributed by atoms with Crippen molar-refractivity contribution in [3.63, 3.8) is 0 Å². The molecule has 1 unspecified atom stereocenters. The summed E-state index contributed by atoms with van der Waals surface area (Å²) < 4.78 is 23.6. The minimum atomic E-state index is -0.509. The van der Waals surface area contributed by atoms with Crippen LogP contribution in [0.1, 0.15) is 24.0 Å². The van der Waals surface area contributed by atoms with Gasteiger partial charge in [0.25, 0.3) is 5.56 Å². The van der Waals surface area contributed by atoms with E-state index in [1.807, 2.05) is 31.2 Å². The molecule has 32 heavy (non-hydrogen) atoms. The summed E-state index contributed by atoms with van der Waals surface area (Å²) in [6.07, 6.45) is 3.09. The Morgan fingerprint density at radius 2 is 1.91 bits per heavy atom. The molecule has 8 heteroatoms. The average Bonchev–Trinajstić information content (AvgIpc) is 3.44. The third kappa shape index (κ3) is 3.56. The Morgan fingerprint density at radius 1 is 1.12 bits per heavy atom. The first-order valence-corrected chi connectivity index (χ1v) is 10.7. The number of imidazole rings is 1. The topological polar surface area (TPSA) is 71.1 Å². The summed E-state index contributed by atoms with van der Waals surface area (Å²) in [7, 11) is 0. The molecule has 1 fully saturated rings. The van der Waals surface area contributed by atoms with E-state index in [-0.39, 0.29) is 18.3 Å². The molecule has 1 aliphatic heterocycles. The molecule has 1 atom stereocenters. The summed E-state index contributed by atoms with van der Waals surface area (Å²) in [4.78, 5) is 31.4. The maximum atomic E-state index is 13.5. The largest absolute Gasteiger partial charge is 0.376 e. The van der Waals surface area contributed by atoms with E-state index in [1.54, 1.807) is 10.9 Å². The SMILES string of the molecule is Cc1ccccc1Cn1cnc2c1c(=O)n(CC1CCCO1)c(=O)n2-c1ccc(F)cc1. The number of hydrogen-bond donors (Lipinski definition) is 0. The lowest BCUT2D eigenvalue weighted by Gasteiger charge is -2.15. The van der Waals surface area contributed by atoms with Gasteiger partial charge in [0.15, 0.2) is 11.2 Å². The van der Waals surface area contributed by atoms with Crippen molar-refractivity contribution in [1.82, 2.24) is 18.7 Å². The summed E-state index contributed by atoms with van der Waals surface area (Å²) in [5.41, 5.74) is 2.27. The molecule has 3 heterocycles. The molecule has 2 aromatic carbocycles. The second-order valence-electron chi connectivity index (χ2n) is 8.12. The molecule has 7 nitrogen and oxygen atoms in total. The van der Waals surface area contributed by atoms with Gasteiger partial charge in [0, 0.05) is 13.2 Å². The van der Waals surface area contributed by atoms with Gasteiger partial charge in [-0.2, -0.15) is 0 Å². The monoisotopic (exact) mass is 434 g/mol. The summed E-state index contributed by atoms with van der Waals surface area (Å²) in [5.74, 6) is -0.407. The summed E-state index contributed by atoms with van der Waals surface area (Å²) >= 11 is 0. The third-order valence-corrected chi connectivity index (χ3v) is 6.00. The standard InChI is InChI=1S/C24H23FN4O3/c1-16-5-2-3-6-17(16)13-27-15-26-22-21(27)23(30)28(14-20-7-4-12-32-20)24(31)29(22)19-10-8-18(25)9-11-19/h2-3,5-6,8-11,15,20H,4,7,12-14H2,1H3. The first-order valence-electron chi connectivity index (χ1n) is 10.7. The number of nitrogens with zero attached hydrogens (tertiary/aromatic N) is 4. The Labute approximate surface area is 183 Å². The van der Waals surface area contributed by atoms with Gasteiger partial charge in [0.1, 0.15) is 5.82 Å². The molecule has 0 bridgehead atoms. The third-order valence-electron chi connectivity index (χ3n) is 6.00. The Hall–Kier alpha value is -3.52. The van der Waals surface area contributed by atoms with Crippen LogP contribution < -0.4 is 11.2 Å². The van der Waals surface area contributed by atoms with E-state index in [0.717, 1.165) is 24.0 Å². The highest BCUT2D eigenvalue weighted by Crippen LogP contribution is 2.18. The second kappa shape index (κ2) is 8.20. The van der Waals surface area contributed by atoms with Crippen molar-refractivity contribution in [2.75, 3.05) is 6.61 Å². The zero-order valence-electron chi connectivity index (χ0n) is 17.7. The molecule has 2 aromatic heterocycles. The Bertz CT molecular complexity index is 1400. The van der Waals surface area contributed by atoms with E-state index in [4.69, 9.17) is 4.74 Å². The minimum absolute atomic E-state index is 0.171. The molecule has 5 rings (SSSR count). The Balaban J connectivity index is 1.73. The van der Waals surface area contributed by atoms with Crippen molar-refractivity contribution in [2.45, 2.75) is 39.0 Å². The molecule has 4 aromatic rings. The van der Waals surface area contributed by atoms with Gasteiger partial charge >= 0.3 is 5.69 Å². The van der Waals surface area contributed by atoms with Crippen molar-refractivity contribution in [3.8, 4) is 5.69 Å². The number of aromatic nitrogens is 4. The lowest BCUT2D eigenvalue weighted by atomic mass is 10.1. The maximum absolute atomic E-state index is 13.5. The van der Waals surface area contributed by atoms with Gasteiger partial charge in [-0.3, -0.25) is 9.36 Å². The number of fused-ring (bicyclic) bond motifs is 1. The molecule has 0 amide bonds. The van der Waals surface area contributed by atoms with E-state index in [1.165, 1.54) is 33.4 Å². The predicted molar refractivity (Wildman–Crippen MR) is 119 cm³/mol. The highest BCUT2D eigenvalue weighted by Gasteiger charge is 2.23. The van der Waals surface area contributed by atoms with Crippen LogP contribution in [0.4, 0.5) is 4.39 Å². The van der Waals surface area contributed by atoms with Crippen molar-refractivity contribution >= 4 is 11.2 Å². The highest BCUT2D eigenvalue weighted by atomic mass is 19.1. The minimum Gasteiger partial charge on any atom is -0.376 e. The number of aryl methyl sites for hydroxylation is 1. The average molecular weight is 434 g/mol. The van der Waals surface area contributed by atoms with Gasteiger partial charge in [-0.15, -0.1) is 0 Å². The summed E-state index contributed by atoms with van der Waals surface area (Å²) in [6, 6.07) is 13.5. The molecular formula is C24H23FN4O3. The molecule has 0 N–H and O–H groups in total. The van der Waals surface area contributed by atoms with Crippen LogP contribution in [-0.4, -0.2) is 31.4 Å². The molecule has 1 saturated heterocycles. The van der Waals surface area contributed by atoms with Gasteiger partial charge in [-0.25, -0.2) is 18.7 Å². The van der Waals surface area contributed by atoms with E-state index < -0.39 is 17.1 Å². The van der Waals surface area contributed by atoms with Crippen molar-refractivity contribution in [1.29, 1.82) is 0 Å². The Morgan fingerprint density at radius 3 is 2.62 bits per heavy atom. The van der Waals surface area contributed by atoms with Crippen LogP contribution in [-0.2, 0) is 17.8 Å². The Kier molecular flexibility index (Phi) is 5.22. The zero-order valence-corrected chi connectivity index (χ0v) is 17.7. The van der Waals surface area contributed by atoms with Crippen LogP contribution >= 0.6 is 0 Å². The van der Waals surface area contributed by atoms with Gasteiger partial charge < -0.3 is 9.30 Å². The summed E-state index contributed by atoms with van der Waals surface area (Å²) in [6.45, 7) is 3.25. The predicted octanol–water partition coefficient (Wildman–Crippen LogP) is 3.02. The highest BCUT2D eigenvalue weighted by molar-refractivity contribution is 5.72. The fourth-order valence-electron chi connectivity index (χ4n) is 4.25. The number of hydrogen-bond acceptors (Lipinski definition) is 4. The number of halogens is 1. The normalized spacial score (nSPS) is 16.1. The van der Waals surface area contributed by atoms with Gasteiger partial charge in [-0.1, -0.05) is 24.3 Å². The van der Waals surface area contributed by atoms with E-state index >= 15 is 0 Å². The zero-order chi connectivity index (χ0) is 22.2. The maximum Gasteiger partial charge on any atom is 0.337 e. The van der Waals surface area contributed by atoms with E-state index in [9.17, 15) is 14.0 Å². The van der Waals surface area contributed by atoms with Gasteiger partial charge in [-0.05, 0) is 55.2 Å². The first kappa shape index (κ1) is 20.4. The molecule has 164 valence electrons. The van der Waals surface area contributed by atoms with Crippen LogP contribution in [0.3, 0.4) is 0 Å². The van der Waals surface area contributed by atoms with Gasteiger partial charge in [0.05, 0.1) is 24.7 Å².